The van der Waals surface area contributed by atoms with Gasteiger partial charge in [-0.15, -0.1) is 0 Å². The molecule has 0 radical (unpaired) electrons. The molecule has 172 valence electrons. The van der Waals surface area contributed by atoms with Crippen molar-refractivity contribution in [1.82, 2.24) is 0 Å². The van der Waals surface area contributed by atoms with Crippen LogP contribution in [0.4, 0.5) is 10.1 Å². The second-order valence-corrected chi connectivity index (χ2v) is 8.40. The summed E-state index contributed by atoms with van der Waals surface area (Å²) in [6.07, 6.45) is 4.93. The molecule has 5 nitrogen and oxygen atoms in total. The molecule has 0 saturated heterocycles. The number of rotatable bonds is 11. The summed E-state index contributed by atoms with van der Waals surface area (Å²) in [4.78, 5) is 12.8. The van der Waals surface area contributed by atoms with Crippen molar-refractivity contribution >= 4 is 11.6 Å². The molecule has 0 heterocycles. The van der Waals surface area contributed by atoms with Crippen LogP contribution in [0.15, 0.2) is 54.6 Å². The highest BCUT2D eigenvalue weighted by Crippen LogP contribution is 2.32. The molecular weight excluding hydrogens is 409 g/mol. The number of allylic oxidation sites excluding steroid dienone is 1. The monoisotopic (exact) mass is 441 g/mol. The Morgan fingerprint density at radius 2 is 1.97 bits per heavy atom. The fraction of sp³-hybridized carbons (Fsp3) is 0.423. The molecule has 1 aliphatic carbocycles. The van der Waals surface area contributed by atoms with E-state index in [1.165, 1.54) is 6.07 Å². The minimum Gasteiger partial charge on any atom is -0.491 e. The highest BCUT2D eigenvalue weighted by atomic mass is 19.1. The number of aliphatic hydroxyl groups excluding tert-OH is 1. The molecule has 1 fully saturated rings. The topological polar surface area (TPSA) is 67.8 Å². The summed E-state index contributed by atoms with van der Waals surface area (Å²) < 4.78 is 25.3. The van der Waals surface area contributed by atoms with Crippen molar-refractivity contribution in [3.8, 4) is 5.75 Å². The van der Waals surface area contributed by atoms with Gasteiger partial charge < -0.3 is 19.9 Å². The lowest BCUT2D eigenvalue weighted by Crippen LogP contribution is -2.31. The van der Waals surface area contributed by atoms with E-state index in [1.54, 1.807) is 44.2 Å². The third-order valence-electron chi connectivity index (χ3n) is 5.68. The molecule has 1 saturated carbocycles. The van der Waals surface area contributed by atoms with Crippen molar-refractivity contribution in [2.75, 3.05) is 11.9 Å². The second kappa shape index (κ2) is 11.2. The third-order valence-corrected chi connectivity index (χ3v) is 5.68. The van der Waals surface area contributed by atoms with Gasteiger partial charge in [0, 0.05) is 5.69 Å². The molecule has 2 N–H and O–H groups in total. The summed E-state index contributed by atoms with van der Waals surface area (Å²) >= 11 is 0. The van der Waals surface area contributed by atoms with Crippen LogP contribution in [0.3, 0.4) is 0 Å². The van der Waals surface area contributed by atoms with E-state index in [-0.39, 0.29) is 24.9 Å². The number of ether oxygens (including phenoxy) is 2. The van der Waals surface area contributed by atoms with Gasteiger partial charge in [0.05, 0.1) is 24.7 Å². The van der Waals surface area contributed by atoms with E-state index in [4.69, 9.17) is 9.47 Å². The van der Waals surface area contributed by atoms with E-state index in [2.05, 4.69) is 5.32 Å². The highest BCUT2D eigenvalue weighted by molar-refractivity contribution is 5.92. The lowest BCUT2D eigenvalue weighted by molar-refractivity contribution is -0.123. The number of hydrogen-bond donors (Lipinski definition) is 2. The van der Waals surface area contributed by atoms with E-state index in [9.17, 15) is 14.3 Å². The van der Waals surface area contributed by atoms with Gasteiger partial charge in [0.15, 0.2) is 0 Å². The SMILES string of the molecule is C/C=C\C(OCc1ccc(C)c(F)c1)C(C)C(=O)Nc1ccc(OCC(O)C2CC2)cc1. The maximum Gasteiger partial charge on any atom is 0.230 e. The molecule has 0 aliphatic heterocycles. The Kier molecular flexibility index (Phi) is 8.42. The van der Waals surface area contributed by atoms with Gasteiger partial charge in [0.25, 0.3) is 0 Å². The predicted molar refractivity (Wildman–Crippen MR) is 123 cm³/mol. The van der Waals surface area contributed by atoms with Crippen molar-refractivity contribution in [3.63, 3.8) is 0 Å². The van der Waals surface area contributed by atoms with Crippen LogP contribution in [0.1, 0.15) is 37.8 Å². The van der Waals surface area contributed by atoms with Gasteiger partial charge in [-0.05, 0) is 74.1 Å². The normalized spacial score (nSPS) is 16.5. The van der Waals surface area contributed by atoms with Gasteiger partial charge >= 0.3 is 0 Å². The average Bonchev–Trinajstić information content (AvgIpc) is 3.63. The first kappa shape index (κ1) is 24.0. The number of benzene rings is 2. The molecule has 32 heavy (non-hydrogen) atoms. The van der Waals surface area contributed by atoms with E-state index in [1.807, 2.05) is 25.1 Å². The molecule has 2 aromatic carbocycles. The smallest absolute Gasteiger partial charge is 0.230 e. The summed E-state index contributed by atoms with van der Waals surface area (Å²) in [5.41, 5.74) is 1.95. The van der Waals surface area contributed by atoms with E-state index < -0.39 is 18.1 Å². The zero-order valence-electron chi connectivity index (χ0n) is 18.9. The van der Waals surface area contributed by atoms with Gasteiger partial charge in [-0.3, -0.25) is 4.79 Å². The molecule has 0 spiro atoms. The molecule has 1 amide bonds. The minimum atomic E-state index is -0.453. The Morgan fingerprint density at radius 3 is 2.59 bits per heavy atom. The summed E-state index contributed by atoms with van der Waals surface area (Å²) in [5.74, 6) is 0.115. The first-order valence-electron chi connectivity index (χ1n) is 11.1. The third kappa shape index (κ3) is 6.90. The summed E-state index contributed by atoms with van der Waals surface area (Å²) in [6.45, 7) is 5.87. The Balaban J connectivity index is 1.52. The Bertz CT molecular complexity index is 924. The van der Waals surface area contributed by atoms with Crippen LogP contribution >= 0.6 is 0 Å². The summed E-state index contributed by atoms with van der Waals surface area (Å²) in [6, 6.07) is 12.1. The Hall–Kier alpha value is -2.70. The van der Waals surface area contributed by atoms with Gasteiger partial charge in [-0.1, -0.05) is 31.2 Å². The molecule has 6 heteroatoms. The molecule has 0 aromatic heterocycles. The molecule has 0 bridgehead atoms. The van der Waals surface area contributed by atoms with Crippen molar-refractivity contribution in [1.29, 1.82) is 0 Å². The molecule has 2 aromatic rings. The molecule has 3 atom stereocenters. The fourth-order valence-corrected chi connectivity index (χ4v) is 3.31. The van der Waals surface area contributed by atoms with Gasteiger partial charge in [-0.25, -0.2) is 4.39 Å². The summed E-state index contributed by atoms with van der Waals surface area (Å²) in [5, 5.41) is 12.8. The number of anilines is 1. The van der Waals surface area contributed by atoms with Gasteiger partial charge in [-0.2, -0.15) is 0 Å². The number of aryl methyl sites for hydroxylation is 1. The van der Waals surface area contributed by atoms with Crippen molar-refractivity contribution in [2.45, 2.75) is 52.4 Å². The van der Waals surface area contributed by atoms with Crippen molar-refractivity contribution < 1.29 is 23.8 Å². The maximum absolute atomic E-state index is 13.8. The van der Waals surface area contributed by atoms with Crippen molar-refractivity contribution in [3.05, 3.63) is 71.6 Å². The van der Waals surface area contributed by atoms with Crippen LogP contribution in [0.2, 0.25) is 0 Å². The van der Waals surface area contributed by atoms with Crippen LogP contribution < -0.4 is 10.1 Å². The number of halogens is 1. The zero-order valence-corrected chi connectivity index (χ0v) is 18.9. The number of hydrogen-bond acceptors (Lipinski definition) is 4. The highest BCUT2D eigenvalue weighted by Gasteiger charge is 2.30. The van der Waals surface area contributed by atoms with Crippen LogP contribution in [0, 0.1) is 24.6 Å². The largest absolute Gasteiger partial charge is 0.491 e. The lowest BCUT2D eigenvalue weighted by atomic mass is 10.0. The fourth-order valence-electron chi connectivity index (χ4n) is 3.31. The number of carbonyl (C=O) groups is 1. The molecule has 3 unspecified atom stereocenters. The number of nitrogens with one attached hydrogen (secondary N) is 1. The molecule has 3 rings (SSSR count). The van der Waals surface area contributed by atoms with E-state index in [0.717, 1.165) is 18.4 Å². The first-order valence-corrected chi connectivity index (χ1v) is 11.1. The number of aliphatic hydroxyl groups is 1. The first-order chi connectivity index (χ1) is 15.4. The molecular formula is C26H32FNO4. The zero-order chi connectivity index (χ0) is 23.1. The number of amides is 1. The second-order valence-electron chi connectivity index (χ2n) is 8.40. The predicted octanol–water partition coefficient (Wildman–Crippen LogP) is 5.02. The summed E-state index contributed by atoms with van der Waals surface area (Å²) in [7, 11) is 0. The Morgan fingerprint density at radius 1 is 1.25 bits per heavy atom. The molecule has 1 aliphatic rings. The van der Waals surface area contributed by atoms with Crippen LogP contribution in [-0.2, 0) is 16.1 Å². The van der Waals surface area contributed by atoms with Crippen LogP contribution in [0.5, 0.6) is 5.75 Å². The van der Waals surface area contributed by atoms with Crippen LogP contribution in [-0.4, -0.2) is 29.8 Å². The number of carbonyl (C=O) groups excluding carboxylic acids is 1. The lowest BCUT2D eigenvalue weighted by Gasteiger charge is -2.21. The Labute approximate surface area is 189 Å². The maximum atomic E-state index is 13.8. The van der Waals surface area contributed by atoms with E-state index in [0.29, 0.717) is 22.9 Å². The quantitative estimate of drug-likeness (QED) is 0.481. The van der Waals surface area contributed by atoms with Crippen molar-refractivity contribution in [2.24, 2.45) is 11.8 Å². The van der Waals surface area contributed by atoms with Gasteiger partial charge in [0.2, 0.25) is 5.91 Å². The average molecular weight is 442 g/mol. The van der Waals surface area contributed by atoms with Gasteiger partial charge in [0.1, 0.15) is 18.2 Å². The van der Waals surface area contributed by atoms with E-state index >= 15 is 0 Å². The minimum absolute atomic E-state index is 0.180. The van der Waals surface area contributed by atoms with Crippen LogP contribution in [0.25, 0.3) is 0 Å². The standard InChI is InChI=1S/C26H32FNO4/c1-4-5-25(32-15-19-7-6-17(2)23(27)14-19)18(3)26(30)28-21-10-12-22(13-11-21)31-16-24(29)20-8-9-20/h4-7,10-14,18,20,24-25,29H,8-9,15-16H2,1-3H3,(H,28,30)/b5-4-.